The largest absolute Gasteiger partial charge is 0.467 e. The average molecular weight is 552 g/mol. The smallest absolute Gasteiger partial charge is 0.261 e. The monoisotopic (exact) mass is 551 g/mol. The summed E-state index contributed by atoms with van der Waals surface area (Å²) in [7, 11) is -3.83. The molecule has 0 unspecified atom stereocenters. The van der Waals surface area contributed by atoms with Crippen LogP contribution in [-0.4, -0.2) is 38.9 Å². The van der Waals surface area contributed by atoms with Crippen LogP contribution in [0.2, 0.25) is 0 Å². The van der Waals surface area contributed by atoms with Crippen molar-refractivity contribution in [3.63, 3.8) is 0 Å². The number of piperidine rings is 1. The van der Waals surface area contributed by atoms with Crippen LogP contribution < -0.4 is 9.62 Å². The number of nitrogens with zero attached hydrogens (tertiary/aromatic N) is 2. The fourth-order valence-corrected chi connectivity index (χ4v) is 5.94. The first-order valence-electron chi connectivity index (χ1n) is 13.9. The standard InChI is InChI=1S/C31H41N3O4S/c1-5-6-18-34(23-26-11-10-21-38-26)29-17-14-25(22-28(29)30(35)33-19-8-7-9-20-33)32-39(36,37)27-15-12-24(13-16-27)31(2,3)4/h10-17,21-22,32H,5-9,18-20,23H2,1-4H3. The average Bonchev–Trinajstić information content (AvgIpc) is 3.44. The molecular formula is C31H41N3O4S. The Morgan fingerprint density at radius 1 is 1.03 bits per heavy atom. The molecule has 2 aromatic carbocycles. The van der Waals surface area contributed by atoms with E-state index in [2.05, 4.69) is 37.3 Å². The molecule has 1 aromatic heterocycles. The van der Waals surface area contributed by atoms with Crippen molar-refractivity contribution in [2.75, 3.05) is 29.3 Å². The number of amides is 1. The maximum atomic E-state index is 13.8. The third-order valence-corrected chi connectivity index (χ3v) is 8.60. The van der Waals surface area contributed by atoms with Gasteiger partial charge in [-0.3, -0.25) is 9.52 Å². The van der Waals surface area contributed by atoms with E-state index in [0.717, 1.165) is 55.7 Å². The number of hydrogen-bond acceptors (Lipinski definition) is 5. The number of anilines is 2. The molecule has 1 saturated heterocycles. The van der Waals surface area contributed by atoms with Gasteiger partial charge >= 0.3 is 0 Å². The summed E-state index contributed by atoms with van der Waals surface area (Å²) in [6, 6.07) is 16.0. The second-order valence-electron chi connectivity index (χ2n) is 11.3. The van der Waals surface area contributed by atoms with E-state index in [4.69, 9.17) is 4.42 Å². The summed E-state index contributed by atoms with van der Waals surface area (Å²) in [4.78, 5) is 18.0. The zero-order valence-corrected chi connectivity index (χ0v) is 24.4. The summed E-state index contributed by atoms with van der Waals surface area (Å²) in [5, 5.41) is 0. The minimum atomic E-state index is -3.83. The molecule has 1 N–H and O–H groups in total. The van der Waals surface area contributed by atoms with Gasteiger partial charge in [-0.05, 0) is 79.1 Å². The summed E-state index contributed by atoms with van der Waals surface area (Å²) in [5.41, 5.74) is 2.64. The molecule has 0 spiro atoms. The van der Waals surface area contributed by atoms with E-state index in [1.54, 1.807) is 30.5 Å². The van der Waals surface area contributed by atoms with Gasteiger partial charge in [-0.15, -0.1) is 0 Å². The van der Waals surface area contributed by atoms with Gasteiger partial charge in [0.1, 0.15) is 5.76 Å². The third-order valence-electron chi connectivity index (χ3n) is 7.20. The van der Waals surface area contributed by atoms with Crippen molar-refractivity contribution >= 4 is 27.3 Å². The van der Waals surface area contributed by atoms with E-state index >= 15 is 0 Å². The molecule has 0 bridgehead atoms. The molecule has 3 aromatic rings. The fraction of sp³-hybridized carbons (Fsp3) is 0.452. The predicted molar refractivity (Wildman–Crippen MR) is 157 cm³/mol. The maximum Gasteiger partial charge on any atom is 0.261 e. The Hall–Kier alpha value is -3.26. The molecule has 1 amide bonds. The van der Waals surface area contributed by atoms with Crippen LogP contribution in [0, 0.1) is 0 Å². The number of carbonyl (C=O) groups is 1. The topological polar surface area (TPSA) is 82.9 Å². The number of carbonyl (C=O) groups excluding carboxylic acids is 1. The predicted octanol–water partition coefficient (Wildman–Crippen LogP) is 6.81. The first-order valence-corrected chi connectivity index (χ1v) is 15.4. The van der Waals surface area contributed by atoms with Gasteiger partial charge in [0.25, 0.3) is 15.9 Å². The minimum Gasteiger partial charge on any atom is -0.467 e. The Labute approximate surface area is 233 Å². The van der Waals surface area contributed by atoms with Gasteiger partial charge in [-0.25, -0.2) is 8.42 Å². The Morgan fingerprint density at radius 2 is 1.74 bits per heavy atom. The highest BCUT2D eigenvalue weighted by molar-refractivity contribution is 7.92. The molecule has 1 fully saturated rings. The van der Waals surface area contributed by atoms with Gasteiger partial charge in [-0.2, -0.15) is 0 Å². The number of nitrogens with one attached hydrogen (secondary N) is 1. The highest BCUT2D eigenvalue weighted by Gasteiger charge is 2.25. The molecule has 2 heterocycles. The van der Waals surface area contributed by atoms with Gasteiger partial charge in [0.05, 0.1) is 29.0 Å². The molecule has 0 radical (unpaired) electrons. The number of unbranched alkanes of at least 4 members (excludes halogenated alkanes) is 1. The van der Waals surface area contributed by atoms with E-state index in [9.17, 15) is 13.2 Å². The van der Waals surface area contributed by atoms with Crippen LogP contribution in [0.25, 0.3) is 0 Å². The number of hydrogen-bond donors (Lipinski definition) is 1. The van der Waals surface area contributed by atoms with Crippen molar-refractivity contribution in [3.05, 3.63) is 77.7 Å². The molecular weight excluding hydrogens is 510 g/mol. The van der Waals surface area contributed by atoms with Gasteiger partial charge in [0.2, 0.25) is 0 Å². The van der Waals surface area contributed by atoms with Crippen molar-refractivity contribution in [1.29, 1.82) is 0 Å². The zero-order valence-electron chi connectivity index (χ0n) is 23.6. The highest BCUT2D eigenvalue weighted by atomic mass is 32.2. The lowest BCUT2D eigenvalue weighted by atomic mass is 9.87. The lowest BCUT2D eigenvalue weighted by Gasteiger charge is -2.31. The summed E-state index contributed by atoms with van der Waals surface area (Å²) in [5.74, 6) is 0.743. The van der Waals surface area contributed by atoms with E-state index in [1.165, 1.54) is 0 Å². The normalized spacial score (nSPS) is 14.3. The molecule has 7 nitrogen and oxygen atoms in total. The number of rotatable bonds is 10. The van der Waals surface area contributed by atoms with Crippen molar-refractivity contribution in [1.82, 2.24) is 4.90 Å². The Balaban J connectivity index is 1.68. The Morgan fingerprint density at radius 3 is 2.36 bits per heavy atom. The molecule has 210 valence electrons. The van der Waals surface area contributed by atoms with Gasteiger partial charge in [0.15, 0.2) is 0 Å². The van der Waals surface area contributed by atoms with Gasteiger partial charge < -0.3 is 14.2 Å². The van der Waals surface area contributed by atoms with E-state index in [-0.39, 0.29) is 16.2 Å². The lowest BCUT2D eigenvalue weighted by molar-refractivity contribution is 0.0725. The maximum absolute atomic E-state index is 13.8. The number of likely N-dealkylation sites (tertiary alicyclic amines) is 1. The van der Waals surface area contributed by atoms with Gasteiger partial charge in [-0.1, -0.05) is 46.2 Å². The molecule has 0 atom stereocenters. The summed E-state index contributed by atoms with van der Waals surface area (Å²) >= 11 is 0. The number of sulfonamides is 1. The van der Waals surface area contributed by atoms with Crippen molar-refractivity contribution < 1.29 is 17.6 Å². The van der Waals surface area contributed by atoms with Crippen LogP contribution in [0.1, 0.15) is 81.5 Å². The quantitative estimate of drug-likeness (QED) is 0.299. The van der Waals surface area contributed by atoms with Crippen LogP contribution >= 0.6 is 0 Å². The molecule has 4 rings (SSSR count). The fourth-order valence-electron chi connectivity index (χ4n) is 4.89. The van der Waals surface area contributed by atoms with E-state index in [1.807, 2.05) is 35.2 Å². The van der Waals surface area contributed by atoms with Gasteiger partial charge in [0, 0.05) is 25.3 Å². The number of benzene rings is 2. The first-order chi connectivity index (χ1) is 18.6. The molecule has 1 aliphatic heterocycles. The second-order valence-corrected chi connectivity index (χ2v) is 13.0. The second kappa shape index (κ2) is 12.3. The summed E-state index contributed by atoms with van der Waals surface area (Å²) in [6.07, 6.45) is 6.69. The summed E-state index contributed by atoms with van der Waals surface area (Å²) in [6.45, 7) is 11.1. The van der Waals surface area contributed by atoms with Crippen LogP contribution in [0.3, 0.4) is 0 Å². The van der Waals surface area contributed by atoms with Crippen LogP contribution in [-0.2, 0) is 22.0 Å². The first kappa shape index (κ1) is 28.7. The van der Waals surface area contributed by atoms with Crippen LogP contribution in [0.5, 0.6) is 0 Å². The molecule has 1 aliphatic rings. The van der Waals surface area contributed by atoms with E-state index in [0.29, 0.717) is 30.9 Å². The SMILES string of the molecule is CCCCN(Cc1ccco1)c1ccc(NS(=O)(=O)c2ccc(C(C)(C)C)cc2)cc1C(=O)N1CCCCC1. The van der Waals surface area contributed by atoms with Crippen molar-refractivity contribution in [2.45, 2.75) is 76.7 Å². The molecule has 0 saturated carbocycles. The zero-order chi connectivity index (χ0) is 28.0. The van der Waals surface area contributed by atoms with E-state index < -0.39 is 10.0 Å². The Kier molecular flexibility index (Phi) is 9.05. The molecule has 0 aliphatic carbocycles. The van der Waals surface area contributed by atoms with Crippen molar-refractivity contribution in [2.24, 2.45) is 0 Å². The summed E-state index contributed by atoms with van der Waals surface area (Å²) < 4.78 is 34.9. The van der Waals surface area contributed by atoms with Crippen LogP contribution in [0.15, 0.2) is 70.2 Å². The Bertz CT molecular complexity index is 1340. The van der Waals surface area contributed by atoms with Crippen LogP contribution in [0.4, 0.5) is 11.4 Å². The highest BCUT2D eigenvalue weighted by Crippen LogP contribution is 2.30. The third kappa shape index (κ3) is 7.24. The van der Waals surface area contributed by atoms with Crippen molar-refractivity contribution in [3.8, 4) is 0 Å². The lowest BCUT2D eigenvalue weighted by Crippen LogP contribution is -2.37. The molecule has 8 heteroatoms. The number of furan rings is 1. The molecule has 39 heavy (non-hydrogen) atoms. The minimum absolute atomic E-state index is 0.0683.